The summed E-state index contributed by atoms with van der Waals surface area (Å²) in [6.07, 6.45) is 0. The summed E-state index contributed by atoms with van der Waals surface area (Å²) >= 11 is 3.24. The molecule has 1 aromatic rings. The molecule has 0 fully saturated rings. The highest BCUT2D eigenvalue weighted by atomic mass is 79.9. The summed E-state index contributed by atoms with van der Waals surface area (Å²) in [6, 6.07) is 3.33. The van der Waals surface area contributed by atoms with Gasteiger partial charge in [0, 0.05) is 17.7 Å². The molecule has 0 aromatic heterocycles. The van der Waals surface area contributed by atoms with E-state index in [-0.39, 0.29) is 17.3 Å². The van der Waals surface area contributed by atoms with Gasteiger partial charge in [0.25, 0.3) is 0 Å². The number of nitrogens with one attached hydrogen (secondary N) is 1. The summed E-state index contributed by atoms with van der Waals surface area (Å²) in [5.41, 5.74) is 0.987. The van der Waals surface area contributed by atoms with Gasteiger partial charge in [-0.2, -0.15) is 0 Å². The normalized spacial score (nSPS) is 13.5. The zero-order chi connectivity index (χ0) is 13.9. The predicted octanol–water partition coefficient (Wildman–Crippen LogP) is 4.29. The largest absolute Gasteiger partial charge is 0.496 e. The molecule has 18 heavy (non-hydrogen) atoms. The third-order valence-electron chi connectivity index (χ3n) is 2.86. The molecule has 0 aliphatic carbocycles. The molecule has 0 saturated heterocycles. The van der Waals surface area contributed by atoms with Gasteiger partial charge in [0.15, 0.2) is 0 Å². The lowest BCUT2D eigenvalue weighted by atomic mass is 9.82. The van der Waals surface area contributed by atoms with E-state index in [0.29, 0.717) is 10.2 Å². The van der Waals surface area contributed by atoms with Gasteiger partial charge in [-0.3, -0.25) is 0 Å². The van der Waals surface area contributed by atoms with Crippen LogP contribution in [0.1, 0.15) is 39.3 Å². The van der Waals surface area contributed by atoms with Crippen molar-refractivity contribution in [2.45, 2.75) is 33.7 Å². The zero-order valence-electron chi connectivity index (χ0n) is 11.6. The van der Waals surface area contributed by atoms with Crippen LogP contribution in [-0.4, -0.2) is 13.7 Å². The number of hydrogen-bond acceptors (Lipinski definition) is 2. The molecular formula is C14H21BrFNO. The van der Waals surface area contributed by atoms with E-state index in [1.54, 1.807) is 13.2 Å². The first-order chi connectivity index (χ1) is 8.31. The lowest BCUT2D eigenvalue weighted by molar-refractivity contribution is 0.268. The number of ether oxygens (including phenoxy) is 1. The number of methoxy groups -OCH3 is 1. The molecule has 0 amide bonds. The average Bonchev–Trinajstić information content (AvgIpc) is 2.27. The van der Waals surface area contributed by atoms with E-state index in [1.165, 1.54) is 6.07 Å². The molecule has 1 N–H and O–H groups in total. The van der Waals surface area contributed by atoms with E-state index in [9.17, 15) is 4.39 Å². The van der Waals surface area contributed by atoms with E-state index in [0.717, 1.165) is 12.1 Å². The fourth-order valence-electron chi connectivity index (χ4n) is 2.03. The molecule has 0 radical (unpaired) electrons. The maximum Gasteiger partial charge on any atom is 0.141 e. The van der Waals surface area contributed by atoms with Crippen molar-refractivity contribution >= 4 is 15.9 Å². The lowest BCUT2D eigenvalue weighted by Crippen LogP contribution is -2.32. The van der Waals surface area contributed by atoms with Crippen molar-refractivity contribution < 1.29 is 9.13 Å². The number of rotatable bonds is 4. The van der Waals surface area contributed by atoms with Crippen molar-refractivity contribution in [3.05, 3.63) is 28.0 Å². The molecule has 102 valence electrons. The van der Waals surface area contributed by atoms with Crippen LogP contribution in [0.3, 0.4) is 0 Å². The fourth-order valence-corrected chi connectivity index (χ4v) is 2.39. The Hall–Kier alpha value is -0.610. The first-order valence-electron chi connectivity index (χ1n) is 6.07. The Labute approximate surface area is 117 Å². The van der Waals surface area contributed by atoms with Crippen molar-refractivity contribution in [3.63, 3.8) is 0 Å². The first kappa shape index (κ1) is 15.4. The molecule has 4 heteroatoms. The highest BCUT2D eigenvalue weighted by Gasteiger charge is 2.28. The Morgan fingerprint density at radius 2 is 2.00 bits per heavy atom. The van der Waals surface area contributed by atoms with Gasteiger partial charge < -0.3 is 10.1 Å². The predicted molar refractivity (Wildman–Crippen MR) is 76.5 cm³/mol. The molecular weight excluding hydrogens is 297 g/mol. The summed E-state index contributed by atoms with van der Waals surface area (Å²) in [6.45, 7) is 9.36. The topological polar surface area (TPSA) is 21.3 Å². The van der Waals surface area contributed by atoms with Crippen LogP contribution in [0.15, 0.2) is 16.6 Å². The van der Waals surface area contributed by atoms with Gasteiger partial charge in [-0.25, -0.2) is 4.39 Å². The second-order valence-electron chi connectivity index (χ2n) is 5.36. The molecule has 1 rings (SSSR count). The lowest BCUT2D eigenvalue weighted by Gasteiger charge is -2.33. The van der Waals surface area contributed by atoms with Crippen molar-refractivity contribution in [1.29, 1.82) is 0 Å². The molecule has 0 heterocycles. The molecule has 0 spiro atoms. The van der Waals surface area contributed by atoms with E-state index in [2.05, 4.69) is 48.9 Å². The quantitative estimate of drug-likeness (QED) is 0.894. The van der Waals surface area contributed by atoms with Crippen molar-refractivity contribution in [1.82, 2.24) is 5.32 Å². The first-order valence-corrected chi connectivity index (χ1v) is 6.86. The standard InChI is InChI=1S/C14H21BrFNO/c1-6-17-13(14(2,3)4)9-7-10(15)11(16)8-12(9)18-5/h7-8,13,17H,6H2,1-5H3. The molecule has 0 saturated carbocycles. The summed E-state index contributed by atoms with van der Waals surface area (Å²) in [5, 5.41) is 3.44. The van der Waals surface area contributed by atoms with Crippen molar-refractivity contribution in [3.8, 4) is 5.75 Å². The molecule has 0 aliphatic heterocycles. The molecule has 1 unspecified atom stereocenters. The highest BCUT2D eigenvalue weighted by Crippen LogP contribution is 2.39. The third-order valence-corrected chi connectivity index (χ3v) is 3.47. The minimum absolute atomic E-state index is 0.0144. The molecule has 0 bridgehead atoms. The highest BCUT2D eigenvalue weighted by molar-refractivity contribution is 9.10. The van der Waals surface area contributed by atoms with Crippen LogP contribution in [0.25, 0.3) is 0 Å². The third kappa shape index (κ3) is 3.45. The SMILES string of the molecule is CCNC(c1cc(Br)c(F)cc1OC)C(C)(C)C. The van der Waals surface area contributed by atoms with Crippen molar-refractivity contribution in [2.24, 2.45) is 5.41 Å². The Kier molecular flexibility index (Phi) is 5.17. The van der Waals surface area contributed by atoms with Gasteiger partial charge in [0.1, 0.15) is 11.6 Å². The number of halogens is 2. The minimum Gasteiger partial charge on any atom is -0.496 e. The molecule has 1 aromatic carbocycles. The van der Waals surface area contributed by atoms with Gasteiger partial charge in [0.05, 0.1) is 11.6 Å². The van der Waals surface area contributed by atoms with E-state index >= 15 is 0 Å². The van der Waals surface area contributed by atoms with Crippen LogP contribution in [-0.2, 0) is 0 Å². The summed E-state index contributed by atoms with van der Waals surface area (Å²) in [5.74, 6) is 0.274. The zero-order valence-corrected chi connectivity index (χ0v) is 13.2. The Bertz CT molecular complexity index is 415. The van der Waals surface area contributed by atoms with E-state index in [1.807, 2.05) is 0 Å². The van der Waals surface area contributed by atoms with Crippen LogP contribution in [0.4, 0.5) is 4.39 Å². The van der Waals surface area contributed by atoms with Crippen LogP contribution in [0, 0.1) is 11.2 Å². The summed E-state index contributed by atoms with van der Waals surface area (Å²) < 4.78 is 19.3. The van der Waals surface area contributed by atoms with Crippen molar-refractivity contribution in [2.75, 3.05) is 13.7 Å². The maximum atomic E-state index is 13.5. The van der Waals surface area contributed by atoms with Gasteiger partial charge in [-0.15, -0.1) is 0 Å². The van der Waals surface area contributed by atoms with Crippen LogP contribution in [0.5, 0.6) is 5.75 Å². The number of hydrogen-bond donors (Lipinski definition) is 1. The monoisotopic (exact) mass is 317 g/mol. The summed E-state index contributed by atoms with van der Waals surface area (Å²) in [7, 11) is 1.57. The van der Waals surface area contributed by atoms with Gasteiger partial charge in [-0.05, 0) is 34.0 Å². The Balaban J connectivity index is 3.31. The van der Waals surface area contributed by atoms with Gasteiger partial charge in [-0.1, -0.05) is 27.7 Å². The Morgan fingerprint density at radius 1 is 1.39 bits per heavy atom. The smallest absolute Gasteiger partial charge is 0.141 e. The second kappa shape index (κ2) is 6.02. The van der Waals surface area contributed by atoms with E-state index in [4.69, 9.17) is 4.74 Å². The van der Waals surface area contributed by atoms with Gasteiger partial charge in [0.2, 0.25) is 0 Å². The summed E-state index contributed by atoms with van der Waals surface area (Å²) in [4.78, 5) is 0. The minimum atomic E-state index is -0.306. The number of benzene rings is 1. The maximum absolute atomic E-state index is 13.5. The molecule has 1 atom stereocenters. The van der Waals surface area contributed by atoms with Gasteiger partial charge >= 0.3 is 0 Å². The molecule has 0 aliphatic rings. The van der Waals surface area contributed by atoms with Crippen LogP contribution < -0.4 is 10.1 Å². The van der Waals surface area contributed by atoms with Crippen LogP contribution in [0.2, 0.25) is 0 Å². The average molecular weight is 318 g/mol. The Morgan fingerprint density at radius 3 is 2.44 bits per heavy atom. The second-order valence-corrected chi connectivity index (χ2v) is 6.22. The molecule has 2 nitrogen and oxygen atoms in total. The van der Waals surface area contributed by atoms with E-state index < -0.39 is 0 Å². The fraction of sp³-hybridized carbons (Fsp3) is 0.571. The van der Waals surface area contributed by atoms with Crippen LogP contribution >= 0.6 is 15.9 Å².